The van der Waals surface area contributed by atoms with Gasteiger partial charge in [0.1, 0.15) is 11.6 Å². The lowest BCUT2D eigenvalue weighted by molar-refractivity contribution is 0.630. The third kappa shape index (κ3) is 2.20. The van der Waals surface area contributed by atoms with Crippen molar-refractivity contribution < 1.29 is 4.39 Å². The fourth-order valence-electron chi connectivity index (χ4n) is 1.99. The summed E-state index contributed by atoms with van der Waals surface area (Å²) in [6, 6.07) is 10.1. The van der Waals surface area contributed by atoms with Crippen molar-refractivity contribution in [2.45, 2.75) is 6.54 Å². The van der Waals surface area contributed by atoms with Crippen LogP contribution in [-0.2, 0) is 6.54 Å². The second kappa shape index (κ2) is 4.64. The molecule has 0 unspecified atom stereocenters. The molecular weight excluding hydrogens is 265 g/mol. The van der Waals surface area contributed by atoms with Crippen molar-refractivity contribution in [3.8, 4) is 11.4 Å². The number of hydrogen-bond donors (Lipinski definition) is 2. The van der Waals surface area contributed by atoms with Gasteiger partial charge in [-0.15, -0.1) is 0 Å². The van der Waals surface area contributed by atoms with Crippen LogP contribution in [0.25, 0.3) is 22.4 Å². The summed E-state index contributed by atoms with van der Waals surface area (Å²) >= 11 is 5.89. The van der Waals surface area contributed by atoms with Crippen LogP contribution in [0.4, 0.5) is 4.39 Å². The van der Waals surface area contributed by atoms with Gasteiger partial charge in [0.05, 0.1) is 16.6 Å². The number of benzene rings is 2. The Labute approximate surface area is 114 Å². The lowest BCUT2D eigenvalue weighted by Crippen LogP contribution is -1.95. The van der Waals surface area contributed by atoms with E-state index in [1.54, 1.807) is 6.07 Å². The van der Waals surface area contributed by atoms with Crippen LogP contribution in [0.3, 0.4) is 0 Å². The molecule has 3 aromatic rings. The van der Waals surface area contributed by atoms with E-state index in [-0.39, 0.29) is 5.82 Å². The van der Waals surface area contributed by atoms with E-state index in [0.29, 0.717) is 23.0 Å². The van der Waals surface area contributed by atoms with Crippen molar-refractivity contribution in [2.24, 2.45) is 5.73 Å². The van der Waals surface area contributed by atoms with E-state index in [1.807, 2.05) is 18.2 Å². The number of nitrogens with one attached hydrogen (secondary N) is 1. The highest BCUT2D eigenvalue weighted by atomic mass is 35.5. The number of imidazole rings is 1. The highest BCUT2D eigenvalue weighted by molar-refractivity contribution is 6.30. The maximum absolute atomic E-state index is 13.8. The first kappa shape index (κ1) is 12.1. The van der Waals surface area contributed by atoms with E-state index in [1.165, 1.54) is 12.1 Å². The zero-order valence-electron chi connectivity index (χ0n) is 9.95. The number of fused-ring (bicyclic) bond motifs is 1. The SMILES string of the molecule is NCc1ccc2nc(-c3cc(Cl)ccc3F)[nH]c2c1. The smallest absolute Gasteiger partial charge is 0.141 e. The molecule has 0 aliphatic carbocycles. The molecule has 3 rings (SSSR count). The van der Waals surface area contributed by atoms with Crippen LogP contribution in [0, 0.1) is 5.82 Å². The fraction of sp³-hybridized carbons (Fsp3) is 0.0714. The Balaban J connectivity index is 2.17. The number of rotatable bonds is 2. The first-order chi connectivity index (χ1) is 9.17. The minimum Gasteiger partial charge on any atom is -0.338 e. The third-order valence-corrected chi connectivity index (χ3v) is 3.20. The minimum atomic E-state index is -0.359. The first-order valence-electron chi connectivity index (χ1n) is 5.81. The Bertz CT molecular complexity index is 752. The van der Waals surface area contributed by atoms with Crippen LogP contribution >= 0.6 is 11.6 Å². The molecule has 19 heavy (non-hydrogen) atoms. The molecule has 0 saturated heterocycles. The average Bonchev–Trinajstić information content (AvgIpc) is 2.83. The van der Waals surface area contributed by atoms with Crippen molar-refractivity contribution >= 4 is 22.6 Å². The topological polar surface area (TPSA) is 54.7 Å². The Morgan fingerprint density at radius 1 is 1.21 bits per heavy atom. The van der Waals surface area contributed by atoms with Crippen LogP contribution in [-0.4, -0.2) is 9.97 Å². The summed E-state index contributed by atoms with van der Waals surface area (Å²) in [6.45, 7) is 0.454. The Hall–Kier alpha value is -1.91. The van der Waals surface area contributed by atoms with Crippen LogP contribution < -0.4 is 5.73 Å². The maximum Gasteiger partial charge on any atom is 0.141 e. The third-order valence-electron chi connectivity index (χ3n) is 2.97. The van der Waals surface area contributed by atoms with Crippen LogP contribution in [0.1, 0.15) is 5.56 Å². The molecule has 1 heterocycles. The van der Waals surface area contributed by atoms with Gasteiger partial charge in [0.25, 0.3) is 0 Å². The van der Waals surface area contributed by atoms with Crippen molar-refractivity contribution in [1.29, 1.82) is 0 Å². The summed E-state index contributed by atoms with van der Waals surface area (Å²) in [5.74, 6) is 0.103. The molecule has 0 aliphatic rings. The molecule has 96 valence electrons. The summed E-state index contributed by atoms with van der Waals surface area (Å²) in [5, 5.41) is 0.472. The molecule has 0 bridgehead atoms. The van der Waals surface area contributed by atoms with Gasteiger partial charge < -0.3 is 10.7 Å². The van der Waals surface area contributed by atoms with Gasteiger partial charge in [-0.1, -0.05) is 17.7 Å². The predicted octanol–water partition coefficient (Wildman–Crippen LogP) is 3.48. The van der Waals surface area contributed by atoms with Crippen LogP contribution in [0.2, 0.25) is 5.02 Å². The van der Waals surface area contributed by atoms with E-state index < -0.39 is 0 Å². The van der Waals surface area contributed by atoms with E-state index in [2.05, 4.69) is 9.97 Å². The van der Waals surface area contributed by atoms with Gasteiger partial charge in [-0.3, -0.25) is 0 Å². The Morgan fingerprint density at radius 2 is 2.05 bits per heavy atom. The second-order valence-corrected chi connectivity index (χ2v) is 4.70. The van der Waals surface area contributed by atoms with Crippen molar-refractivity contribution in [3.05, 3.63) is 52.8 Å². The monoisotopic (exact) mass is 275 g/mol. The fourth-order valence-corrected chi connectivity index (χ4v) is 2.16. The zero-order chi connectivity index (χ0) is 13.4. The van der Waals surface area contributed by atoms with Gasteiger partial charge >= 0.3 is 0 Å². The first-order valence-corrected chi connectivity index (χ1v) is 6.19. The summed E-state index contributed by atoms with van der Waals surface area (Å²) in [5.41, 5.74) is 8.55. The second-order valence-electron chi connectivity index (χ2n) is 4.27. The van der Waals surface area contributed by atoms with Crippen molar-refractivity contribution in [3.63, 3.8) is 0 Å². The molecule has 3 nitrogen and oxygen atoms in total. The molecular formula is C14H11ClFN3. The van der Waals surface area contributed by atoms with Gasteiger partial charge in [0.15, 0.2) is 0 Å². The molecule has 3 N–H and O–H groups in total. The van der Waals surface area contributed by atoms with Crippen molar-refractivity contribution in [1.82, 2.24) is 9.97 Å². The molecule has 0 amide bonds. The van der Waals surface area contributed by atoms with E-state index in [9.17, 15) is 4.39 Å². The lowest BCUT2D eigenvalue weighted by atomic mass is 10.2. The summed E-state index contributed by atoms with van der Waals surface area (Å²) < 4.78 is 13.8. The number of aromatic nitrogens is 2. The lowest BCUT2D eigenvalue weighted by Gasteiger charge is -1.99. The average molecular weight is 276 g/mol. The molecule has 0 atom stereocenters. The molecule has 0 spiro atoms. The normalized spacial score (nSPS) is 11.1. The summed E-state index contributed by atoms with van der Waals surface area (Å²) in [7, 11) is 0. The molecule has 2 aromatic carbocycles. The van der Waals surface area contributed by atoms with E-state index in [4.69, 9.17) is 17.3 Å². The van der Waals surface area contributed by atoms with Gasteiger partial charge in [0, 0.05) is 11.6 Å². The molecule has 5 heteroatoms. The molecule has 1 aromatic heterocycles. The minimum absolute atomic E-state index is 0.359. The van der Waals surface area contributed by atoms with Crippen LogP contribution in [0.15, 0.2) is 36.4 Å². The molecule has 0 fully saturated rings. The van der Waals surface area contributed by atoms with E-state index >= 15 is 0 Å². The van der Waals surface area contributed by atoms with Crippen molar-refractivity contribution in [2.75, 3.05) is 0 Å². The Morgan fingerprint density at radius 3 is 2.84 bits per heavy atom. The Kier molecular flexibility index (Phi) is 2.97. The number of nitrogens with zero attached hydrogens (tertiary/aromatic N) is 1. The summed E-state index contributed by atoms with van der Waals surface area (Å²) in [6.07, 6.45) is 0. The predicted molar refractivity (Wildman–Crippen MR) is 74.4 cm³/mol. The maximum atomic E-state index is 13.8. The highest BCUT2D eigenvalue weighted by Gasteiger charge is 2.10. The molecule has 0 aliphatic heterocycles. The summed E-state index contributed by atoms with van der Waals surface area (Å²) in [4.78, 5) is 7.45. The van der Waals surface area contributed by atoms with Gasteiger partial charge in [0.2, 0.25) is 0 Å². The highest BCUT2D eigenvalue weighted by Crippen LogP contribution is 2.26. The molecule has 0 saturated carbocycles. The number of halogens is 2. The number of H-pyrrole nitrogens is 1. The van der Waals surface area contributed by atoms with Gasteiger partial charge in [-0.25, -0.2) is 9.37 Å². The molecule has 0 radical (unpaired) electrons. The number of aromatic amines is 1. The quantitative estimate of drug-likeness (QED) is 0.752. The number of hydrogen-bond acceptors (Lipinski definition) is 2. The van der Waals surface area contributed by atoms with Crippen LogP contribution in [0.5, 0.6) is 0 Å². The zero-order valence-corrected chi connectivity index (χ0v) is 10.7. The van der Waals surface area contributed by atoms with Gasteiger partial charge in [-0.2, -0.15) is 0 Å². The largest absolute Gasteiger partial charge is 0.338 e. The standard InChI is InChI=1S/C14H11ClFN3/c15-9-2-3-11(16)10(6-9)14-18-12-4-1-8(7-17)5-13(12)19-14/h1-6H,7,17H2,(H,18,19). The van der Waals surface area contributed by atoms with E-state index in [0.717, 1.165) is 16.6 Å². The number of nitrogens with two attached hydrogens (primary N) is 1. The van der Waals surface area contributed by atoms with Gasteiger partial charge in [-0.05, 0) is 35.9 Å².